The molecular formula is C24H21NO3. The number of aryl methyl sites for hydroxylation is 1. The minimum absolute atomic E-state index is 0.0913. The smallest absolute Gasteiger partial charge is 0.355 e. The number of nitrogens with one attached hydrogen (secondary N) is 1. The van der Waals surface area contributed by atoms with E-state index in [4.69, 9.17) is 4.74 Å². The summed E-state index contributed by atoms with van der Waals surface area (Å²) in [6.45, 7) is 2.12. The second-order valence-electron chi connectivity index (χ2n) is 6.35. The van der Waals surface area contributed by atoms with Gasteiger partial charge in [0.25, 0.3) is 5.91 Å². The maximum atomic E-state index is 12.6. The van der Waals surface area contributed by atoms with Gasteiger partial charge in [-0.05, 0) is 36.3 Å². The topological polar surface area (TPSA) is 55.4 Å². The van der Waals surface area contributed by atoms with E-state index in [1.165, 1.54) is 0 Å². The molecule has 140 valence electrons. The summed E-state index contributed by atoms with van der Waals surface area (Å²) in [4.78, 5) is 25.2. The van der Waals surface area contributed by atoms with Gasteiger partial charge in [0, 0.05) is 5.56 Å². The van der Waals surface area contributed by atoms with Gasteiger partial charge >= 0.3 is 5.97 Å². The van der Waals surface area contributed by atoms with Crippen LogP contribution in [0.25, 0.3) is 6.08 Å². The van der Waals surface area contributed by atoms with Gasteiger partial charge < -0.3 is 10.1 Å². The van der Waals surface area contributed by atoms with Crippen LogP contribution in [0.1, 0.15) is 27.0 Å². The SMILES string of the molecule is Cc1ccc(/C=C(/NC(=O)c2ccccc2)C(=O)OCc2ccccc2)cc1. The lowest BCUT2D eigenvalue weighted by Crippen LogP contribution is -2.28. The normalized spacial score (nSPS) is 11.0. The van der Waals surface area contributed by atoms with Crippen molar-refractivity contribution in [2.24, 2.45) is 0 Å². The highest BCUT2D eigenvalue weighted by Gasteiger charge is 2.16. The Balaban J connectivity index is 1.80. The van der Waals surface area contributed by atoms with Gasteiger partial charge in [-0.25, -0.2) is 4.79 Å². The molecule has 0 bridgehead atoms. The van der Waals surface area contributed by atoms with Crippen molar-refractivity contribution in [2.75, 3.05) is 0 Å². The molecule has 3 aromatic carbocycles. The van der Waals surface area contributed by atoms with Gasteiger partial charge in [-0.2, -0.15) is 0 Å². The molecule has 0 heterocycles. The number of hydrogen-bond acceptors (Lipinski definition) is 3. The minimum atomic E-state index is -0.589. The molecule has 0 saturated heterocycles. The number of esters is 1. The molecule has 0 aliphatic rings. The van der Waals surface area contributed by atoms with Crippen LogP contribution in [0.5, 0.6) is 0 Å². The Morgan fingerprint density at radius 2 is 1.46 bits per heavy atom. The average molecular weight is 371 g/mol. The van der Waals surface area contributed by atoms with E-state index in [0.717, 1.165) is 16.7 Å². The third kappa shape index (κ3) is 5.42. The Labute approximate surface area is 164 Å². The number of ether oxygens (including phenoxy) is 1. The summed E-state index contributed by atoms with van der Waals surface area (Å²) < 4.78 is 5.40. The van der Waals surface area contributed by atoms with Crippen LogP contribution >= 0.6 is 0 Å². The van der Waals surface area contributed by atoms with E-state index in [1.54, 1.807) is 30.3 Å². The Morgan fingerprint density at radius 1 is 0.857 bits per heavy atom. The molecule has 1 amide bonds. The van der Waals surface area contributed by atoms with Crippen LogP contribution in [0, 0.1) is 6.92 Å². The van der Waals surface area contributed by atoms with Crippen LogP contribution in [0.3, 0.4) is 0 Å². The fourth-order valence-electron chi connectivity index (χ4n) is 2.56. The van der Waals surface area contributed by atoms with Crippen molar-refractivity contribution in [2.45, 2.75) is 13.5 Å². The van der Waals surface area contributed by atoms with Gasteiger partial charge in [-0.1, -0.05) is 78.4 Å². The van der Waals surface area contributed by atoms with E-state index in [2.05, 4.69) is 5.32 Å². The second kappa shape index (κ2) is 9.33. The summed E-state index contributed by atoms with van der Waals surface area (Å²) in [6.07, 6.45) is 1.62. The zero-order valence-electron chi connectivity index (χ0n) is 15.6. The summed E-state index contributed by atoms with van der Waals surface area (Å²) in [7, 11) is 0. The first-order valence-corrected chi connectivity index (χ1v) is 8.97. The molecule has 3 rings (SSSR count). The van der Waals surface area contributed by atoms with E-state index in [0.29, 0.717) is 5.56 Å². The quantitative estimate of drug-likeness (QED) is 0.512. The molecule has 0 spiro atoms. The number of amides is 1. The van der Waals surface area contributed by atoms with E-state index < -0.39 is 5.97 Å². The molecule has 0 aliphatic carbocycles. The lowest BCUT2D eigenvalue weighted by atomic mass is 10.1. The summed E-state index contributed by atoms with van der Waals surface area (Å²) in [5.74, 6) is -0.954. The van der Waals surface area contributed by atoms with Crippen LogP contribution in [-0.4, -0.2) is 11.9 Å². The maximum absolute atomic E-state index is 12.6. The van der Waals surface area contributed by atoms with Crippen LogP contribution in [0.2, 0.25) is 0 Å². The predicted molar refractivity (Wildman–Crippen MR) is 109 cm³/mol. The summed E-state index contributed by atoms with van der Waals surface area (Å²) in [6, 6.07) is 25.8. The van der Waals surface area contributed by atoms with Crippen molar-refractivity contribution < 1.29 is 14.3 Å². The first-order valence-electron chi connectivity index (χ1n) is 8.97. The number of benzene rings is 3. The van der Waals surface area contributed by atoms with E-state index in [9.17, 15) is 9.59 Å². The maximum Gasteiger partial charge on any atom is 0.355 e. The molecule has 0 aliphatic heterocycles. The van der Waals surface area contributed by atoms with Gasteiger partial charge in [-0.15, -0.1) is 0 Å². The van der Waals surface area contributed by atoms with Gasteiger partial charge in [0.1, 0.15) is 12.3 Å². The third-order valence-electron chi connectivity index (χ3n) is 4.11. The van der Waals surface area contributed by atoms with Crippen molar-refractivity contribution in [3.05, 3.63) is 113 Å². The lowest BCUT2D eigenvalue weighted by Gasteiger charge is -2.11. The highest BCUT2D eigenvalue weighted by molar-refractivity contribution is 6.03. The van der Waals surface area contributed by atoms with E-state index >= 15 is 0 Å². The molecule has 0 radical (unpaired) electrons. The highest BCUT2D eigenvalue weighted by atomic mass is 16.5. The van der Waals surface area contributed by atoms with Gasteiger partial charge in [0.2, 0.25) is 0 Å². The monoisotopic (exact) mass is 371 g/mol. The van der Waals surface area contributed by atoms with Crippen molar-refractivity contribution in [1.29, 1.82) is 0 Å². The van der Waals surface area contributed by atoms with E-state index in [1.807, 2.05) is 67.6 Å². The Kier molecular flexibility index (Phi) is 6.37. The largest absolute Gasteiger partial charge is 0.456 e. The molecule has 3 aromatic rings. The third-order valence-corrected chi connectivity index (χ3v) is 4.11. The zero-order valence-corrected chi connectivity index (χ0v) is 15.6. The Hall–Kier alpha value is -3.66. The molecule has 0 unspecified atom stereocenters. The Morgan fingerprint density at radius 3 is 2.11 bits per heavy atom. The lowest BCUT2D eigenvalue weighted by molar-refractivity contribution is -0.140. The van der Waals surface area contributed by atoms with Crippen molar-refractivity contribution in [3.8, 4) is 0 Å². The first kappa shape index (κ1) is 19.1. The standard InChI is InChI=1S/C24H21NO3/c1-18-12-14-19(15-13-18)16-22(25-23(26)21-10-6-3-7-11-21)24(27)28-17-20-8-4-2-5-9-20/h2-16H,17H2,1H3,(H,25,26)/b22-16+. The van der Waals surface area contributed by atoms with Crippen LogP contribution < -0.4 is 5.32 Å². The molecule has 0 atom stereocenters. The summed E-state index contributed by atoms with van der Waals surface area (Å²) in [5.41, 5.74) is 3.34. The molecule has 0 fully saturated rings. The molecule has 28 heavy (non-hydrogen) atoms. The molecular weight excluding hydrogens is 350 g/mol. The van der Waals surface area contributed by atoms with E-state index in [-0.39, 0.29) is 18.2 Å². The zero-order chi connectivity index (χ0) is 19.8. The van der Waals surface area contributed by atoms with Crippen LogP contribution in [-0.2, 0) is 16.1 Å². The minimum Gasteiger partial charge on any atom is -0.456 e. The molecule has 0 aromatic heterocycles. The number of carbonyl (C=O) groups excluding carboxylic acids is 2. The summed E-state index contributed by atoms with van der Waals surface area (Å²) in [5, 5.41) is 2.68. The summed E-state index contributed by atoms with van der Waals surface area (Å²) >= 11 is 0. The van der Waals surface area contributed by atoms with Gasteiger partial charge in [0.05, 0.1) is 0 Å². The molecule has 1 N–H and O–H groups in total. The average Bonchev–Trinajstić information content (AvgIpc) is 2.74. The molecule has 4 heteroatoms. The van der Waals surface area contributed by atoms with Gasteiger partial charge in [-0.3, -0.25) is 4.79 Å². The van der Waals surface area contributed by atoms with Crippen LogP contribution in [0.15, 0.2) is 90.6 Å². The fraction of sp³-hybridized carbons (Fsp3) is 0.0833. The number of rotatable bonds is 6. The Bertz CT molecular complexity index is 962. The number of carbonyl (C=O) groups is 2. The molecule has 0 saturated carbocycles. The fourth-order valence-corrected chi connectivity index (χ4v) is 2.56. The highest BCUT2D eigenvalue weighted by Crippen LogP contribution is 2.11. The number of hydrogen-bond donors (Lipinski definition) is 1. The predicted octanol–water partition coefficient (Wildman–Crippen LogP) is 4.51. The second-order valence-corrected chi connectivity index (χ2v) is 6.35. The molecule has 4 nitrogen and oxygen atoms in total. The van der Waals surface area contributed by atoms with Gasteiger partial charge in [0.15, 0.2) is 0 Å². The van der Waals surface area contributed by atoms with Crippen LogP contribution in [0.4, 0.5) is 0 Å². The first-order chi connectivity index (χ1) is 13.6. The van der Waals surface area contributed by atoms with Crippen molar-refractivity contribution in [1.82, 2.24) is 5.32 Å². The van der Waals surface area contributed by atoms with Crippen molar-refractivity contribution >= 4 is 18.0 Å². The van der Waals surface area contributed by atoms with Crippen molar-refractivity contribution in [3.63, 3.8) is 0 Å².